The molecule has 28 heavy (non-hydrogen) atoms. The van der Waals surface area contributed by atoms with Crippen LogP contribution < -0.4 is 15.2 Å². The number of hydrogen-bond acceptors (Lipinski definition) is 6. The Balaban J connectivity index is 2.04. The topological polar surface area (TPSA) is 119 Å². The van der Waals surface area contributed by atoms with E-state index in [2.05, 4.69) is 15.4 Å². The van der Waals surface area contributed by atoms with Crippen LogP contribution in [0.2, 0.25) is 0 Å². The molecular weight excluding hydrogens is 358 g/mol. The van der Waals surface area contributed by atoms with E-state index < -0.39 is 0 Å². The van der Waals surface area contributed by atoms with Crippen molar-refractivity contribution in [1.29, 1.82) is 0 Å². The highest BCUT2D eigenvalue weighted by atomic mass is 16.5. The van der Waals surface area contributed by atoms with Gasteiger partial charge in [0.1, 0.15) is 0 Å². The molecule has 0 unspecified atom stereocenters. The van der Waals surface area contributed by atoms with Gasteiger partial charge in [-0.15, -0.1) is 0 Å². The number of oxime groups is 1. The summed E-state index contributed by atoms with van der Waals surface area (Å²) in [5, 5.41) is 22.0. The summed E-state index contributed by atoms with van der Waals surface area (Å²) in [6.07, 6.45) is 0. The van der Waals surface area contributed by atoms with Crippen LogP contribution in [-0.2, 0) is 0 Å². The Morgan fingerprint density at radius 1 is 1.07 bits per heavy atom. The molecule has 4 aromatic rings. The van der Waals surface area contributed by atoms with Crippen LogP contribution in [-0.4, -0.2) is 40.4 Å². The van der Waals surface area contributed by atoms with Crippen molar-refractivity contribution in [3.63, 3.8) is 0 Å². The van der Waals surface area contributed by atoms with Crippen molar-refractivity contribution in [2.75, 3.05) is 14.2 Å². The SMILES string of the molecule is COc1cc2c(-c3ccc(/C(N)=N/O)cc3)nc3n[nH]c(C)c3c2cc1OC. The second kappa shape index (κ2) is 6.73. The molecule has 0 atom stereocenters. The van der Waals surface area contributed by atoms with E-state index in [9.17, 15) is 0 Å². The fraction of sp³-hybridized carbons (Fsp3) is 0.150. The highest BCUT2D eigenvalue weighted by molar-refractivity contribution is 6.12. The number of fused-ring (bicyclic) bond motifs is 3. The van der Waals surface area contributed by atoms with Gasteiger partial charge < -0.3 is 20.4 Å². The molecule has 4 N–H and O–H groups in total. The zero-order valence-corrected chi connectivity index (χ0v) is 15.6. The van der Waals surface area contributed by atoms with Crippen LogP contribution in [0.5, 0.6) is 11.5 Å². The van der Waals surface area contributed by atoms with Crippen molar-refractivity contribution in [2.24, 2.45) is 10.9 Å². The first kappa shape index (κ1) is 17.6. The number of hydrogen-bond donors (Lipinski definition) is 3. The van der Waals surface area contributed by atoms with E-state index in [0.29, 0.717) is 22.7 Å². The molecule has 0 aliphatic carbocycles. The molecule has 4 rings (SSSR count). The quantitative estimate of drug-likeness (QED) is 0.217. The number of aromatic nitrogens is 3. The van der Waals surface area contributed by atoms with Crippen LogP contribution in [0.1, 0.15) is 11.3 Å². The van der Waals surface area contributed by atoms with Crippen molar-refractivity contribution in [1.82, 2.24) is 15.2 Å². The van der Waals surface area contributed by atoms with E-state index >= 15 is 0 Å². The first-order valence-electron chi connectivity index (χ1n) is 8.56. The number of benzene rings is 2. The van der Waals surface area contributed by atoms with Crippen molar-refractivity contribution in [3.05, 3.63) is 47.7 Å². The summed E-state index contributed by atoms with van der Waals surface area (Å²) in [6, 6.07) is 11.2. The van der Waals surface area contributed by atoms with Gasteiger partial charge in [-0.3, -0.25) is 5.10 Å². The van der Waals surface area contributed by atoms with Crippen LogP contribution in [0.25, 0.3) is 33.1 Å². The average Bonchev–Trinajstić information content (AvgIpc) is 3.12. The van der Waals surface area contributed by atoms with Gasteiger partial charge in [-0.05, 0) is 19.1 Å². The predicted octanol–water partition coefficient (Wildman–Crippen LogP) is 3.20. The smallest absolute Gasteiger partial charge is 0.182 e. The summed E-state index contributed by atoms with van der Waals surface area (Å²) in [5.41, 5.74) is 9.44. The van der Waals surface area contributed by atoms with Gasteiger partial charge in [0.2, 0.25) is 0 Å². The zero-order chi connectivity index (χ0) is 19.8. The number of H-pyrrole nitrogens is 1. The van der Waals surface area contributed by atoms with Crippen LogP contribution in [0.15, 0.2) is 41.6 Å². The highest BCUT2D eigenvalue weighted by Crippen LogP contribution is 2.39. The van der Waals surface area contributed by atoms with Crippen LogP contribution in [0.3, 0.4) is 0 Å². The standard InChI is InChI=1S/C20H19N5O3/c1-10-17-13-8-15(27-2)16(28-3)9-14(13)18(22-20(17)24-23-10)11-4-6-12(7-5-11)19(21)25-26/h4-9,26H,1-3H3,(H2,21,25)(H,22,23,24). The molecule has 0 bridgehead atoms. The lowest BCUT2D eigenvalue weighted by Gasteiger charge is -2.13. The third kappa shape index (κ3) is 2.66. The fourth-order valence-electron chi connectivity index (χ4n) is 3.34. The minimum atomic E-state index is 0.0501. The molecule has 2 aromatic carbocycles. The molecule has 0 aliphatic rings. The third-order valence-corrected chi connectivity index (χ3v) is 4.76. The van der Waals surface area contributed by atoms with E-state index in [-0.39, 0.29) is 5.84 Å². The Morgan fingerprint density at radius 3 is 2.32 bits per heavy atom. The number of rotatable bonds is 4. The lowest BCUT2D eigenvalue weighted by molar-refractivity contribution is 0.318. The molecule has 0 amide bonds. The molecule has 142 valence electrons. The predicted molar refractivity (Wildman–Crippen MR) is 107 cm³/mol. The number of amidine groups is 1. The number of aryl methyl sites for hydroxylation is 1. The first-order chi connectivity index (χ1) is 13.6. The van der Waals surface area contributed by atoms with Crippen molar-refractivity contribution in [3.8, 4) is 22.8 Å². The Morgan fingerprint density at radius 2 is 1.71 bits per heavy atom. The molecule has 8 heteroatoms. The number of pyridine rings is 1. The zero-order valence-electron chi connectivity index (χ0n) is 15.6. The molecule has 8 nitrogen and oxygen atoms in total. The Labute approximate surface area is 160 Å². The number of nitrogens with zero attached hydrogens (tertiary/aromatic N) is 3. The minimum absolute atomic E-state index is 0.0501. The van der Waals surface area contributed by atoms with Gasteiger partial charge in [-0.1, -0.05) is 29.4 Å². The summed E-state index contributed by atoms with van der Waals surface area (Å²) < 4.78 is 11.0. The number of ether oxygens (including phenoxy) is 2. The van der Waals surface area contributed by atoms with Crippen LogP contribution in [0, 0.1) is 6.92 Å². The van der Waals surface area contributed by atoms with Gasteiger partial charge in [-0.2, -0.15) is 5.10 Å². The van der Waals surface area contributed by atoms with Crippen molar-refractivity contribution in [2.45, 2.75) is 6.92 Å². The molecule has 0 fully saturated rings. The van der Waals surface area contributed by atoms with E-state index in [1.807, 2.05) is 31.2 Å². The molecule has 0 saturated heterocycles. The van der Waals surface area contributed by atoms with E-state index in [4.69, 9.17) is 25.4 Å². The second-order valence-corrected chi connectivity index (χ2v) is 6.32. The third-order valence-electron chi connectivity index (χ3n) is 4.76. The second-order valence-electron chi connectivity index (χ2n) is 6.32. The maximum atomic E-state index is 8.86. The van der Waals surface area contributed by atoms with Gasteiger partial charge in [-0.25, -0.2) is 4.98 Å². The van der Waals surface area contributed by atoms with E-state index in [0.717, 1.165) is 33.1 Å². The number of nitrogens with two attached hydrogens (primary N) is 1. The van der Waals surface area contributed by atoms with E-state index in [1.165, 1.54) is 0 Å². The maximum absolute atomic E-state index is 8.86. The highest BCUT2D eigenvalue weighted by Gasteiger charge is 2.17. The first-order valence-corrected chi connectivity index (χ1v) is 8.56. The number of methoxy groups -OCH3 is 2. The van der Waals surface area contributed by atoms with Gasteiger partial charge in [0.05, 0.1) is 19.9 Å². The minimum Gasteiger partial charge on any atom is -0.493 e. The monoisotopic (exact) mass is 377 g/mol. The Bertz CT molecular complexity index is 1210. The molecule has 0 radical (unpaired) electrons. The lowest BCUT2D eigenvalue weighted by Crippen LogP contribution is -2.12. The largest absolute Gasteiger partial charge is 0.493 e. The normalized spacial score (nSPS) is 11.9. The summed E-state index contributed by atoms with van der Waals surface area (Å²) in [5.74, 6) is 1.30. The van der Waals surface area contributed by atoms with Gasteiger partial charge >= 0.3 is 0 Å². The number of nitrogens with one attached hydrogen (secondary N) is 1. The summed E-state index contributed by atoms with van der Waals surface area (Å²) in [7, 11) is 3.21. The summed E-state index contributed by atoms with van der Waals surface area (Å²) in [6.45, 7) is 1.96. The van der Waals surface area contributed by atoms with Crippen molar-refractivity contribution < 1.29 is 14.7 Å². The summed E-state index contributed by atoms with van der Waals surface area (Å²) >= 11 is 0. The molecule has 0 spiro atoms. The summed E-state index contributed by atoms with van der Waals surface area (Å²) in [4.78, 5) is 4.77. The molecule has 2 aromatic heterocycles. The van der Waals surface area contributed by atoms with Crippen LogP contribution in [0.4, 0.5) is 0 Å². The van der Waals surface area contributed by atoms with Gasteiger partial charge in [0, 0.05) is 33.0 Å². The Kier molecular flexibility index (Phi) is 4.23. The fourth-order valence-corrected chi connectivity index (χ4v) is 3.34. The lowest BCUT2D eigenvalue weighted by atomic mass is 9.99. The van der Waals surface area contributed by atoms with Crippen molar-refractivity contribution >= 4 is 27.6 Å². The van der Waals surface area contributed by atoms with Gasteiger partial charge in [0.25, 0.3) is 0 Å². The molecule has 0 saturated carbocycles. The van der Waals surface area contributed by atoms with E-state index in [1.54, 1.807) is 26.4 Å². The Hall–Kier alpha value is -3.81. The number of aromatic amines is 1. The van der Waals surface area contributed by atoms with Gasteiger partial charge in [0.15, 0.2) is 23.0 Å². The molecular formula is C20H19N5O3. The molecule has 0 aliphatic heterocycles. The maximum Gasteiger partial charge on any atom is 0.182 e. The van der Waals surface area contributed by atoms with Crippen LogP contribution >= 0.6 is 0 Å². The average molecular weight is 377 g/mol. The molecule has 2 heterocycles.